The first-order chi connectivity index (χ1) is 13.0. The highest BCUT2D eigenvalue weighted by Crippen LogP contribution is 2.19. The number of nitrogens with zero attached hydrogens (tertiary/aromatic N) is 3. The Balaban J connectivity index is 1.85. The van der Waals surface area contributed by atoms with Crippen molar-refractivity contribution in [1.29, 1.82) is 0 Å². The number of carbonyl (C=O) groups is 2. The Morgan fingerprint density at radius 2 is 1.67 bits per heavy atom. The molecule has 0 aliphatic carbocycles. The van der Waals surface area contributed by atoms with Crippen molar-refractivity contribution in [3.8, 4) is 0 Å². The van der Waals surface area contributed by atoms with Crippen LogP contribution in [-0.4, -0.2) is 64.4 Å². The average molecular weight is 376 g/mol. The summed E-state index contributed by atoms with van der Waals surface area (Å²) in [5.74, 6) is -1.32. The predicted octanol–water partition coefficient (Wildman–Crippen LogP) is 3.30. The normalized spacial score (nSPS) is 16.1. The van der Waals surface area contributed by atoms with E-state index < -0.39 is 18.0 Å². The number of carboxylic acids is 1. The summed E-state index contributed by atoms with van der Waals surface area (Å²) in [5, 5.41) is 9.42. The van der Waals surface area contributed by atoms with Crippen LogP contribution in [0.25, 0.3) is 0 Å². The molecule has 1 aliphatic rings. The van der Waals surface area contributed by atoms with E-state index in [9.17, 15) is 19.6 Å². The number of carbonyl (C=O) groups excluding carboxylic acids is 1. The van der Waals surface area contributed by atoms with Gasteiger partial charge in [0.15, 0.2) is 0 Å². The summed E-state index contributed by atoms with van der Waals surface area (Å²) in [4.78, 5) is 40.3. The Hall–Kier alpha value is -2.28. The quantitative estimate of drug-likeness (QED) is 0.528. The van der Waals surface area contributed by atoms with Gasteiger partial charge in [-0.2, -0.15) is 4.79 Å². The summed E-state index contributed by atoms with van der Waals surface area (Å²) in [7, 11) is 0. The molecular weight excluding hydrogens is 346 g/mol. The average Bonchev–Trinajstić information content (AvgIpc) is 2.68. The van der Waals surface area contributed by atoms with Crippen LogP contribution in [0.3, 0.4) is 0 Å². The minimum absolute atomic E-state index is 0.0953. The number of carboxylic acid groups (broad SMARTS) is 1. The number of nitroso groups, excluding NO2 is 1. The van der Waals surface area contributed by atoms with Crippen molar-refractivity contribution in [3.05, 3.63) is 40.8 Å². The maximum Gasteiger partial charge on any atom is 0.532 e. The van der Waals surface area contributed by atoms with Crippen LogP contribution in [0.2, 0.25) is 0 Å². The number of amides is 2. The number of benzene rings is 1. The number of rotatable bonds is 9. The minimum Gasteiger partial charge on any atom is -0.478 e. The molecule has 7 nitrogen and oxygen atoms in total. The molecule has 1 unspecified atom stereocenters. The van der Waals surface area contributed by atoms with Crippen LogP contribution >= 0.6 is 0 Å². The molecule has 0 spiro atoms. The first-order valence-electron chi connectivity index (χ1n) is 9.80. The van der Waals surface area contributed by atoms with Crippen LogP contribution in [0.4, 0.5) is 4.79 Å². The largest absolute Gasteiger partial charge is 0.532 e. The third kappa shape index (κ3) is 6.13. The predicted molar refractivity (Wildman–Crippen MR) is 103 cm³/mol. The summed E-state index contributed by atoms with van der Waals surface area (Å²) in [5.41, 5.74) is 0.305. The zero-order valence-corrected chi connectivity index (χ0v) is 16.0. The van der Waals surface area contributed by atoms with Gasteiger partial charge in [0.25, 0.3) is 6.04 Å². The summed E-state index contributed by atoms with van der Waals surface area (Å²) >= 11 is 0. The SMILES string of the molecule is CCCCCCCN1CCN(C(=O)[N+](=O)C(C(=O)O)c2ccccc2)CC1. The first-order valence-corrected chi connectivity index (χ1v) is 9.80. The summed E-state index contributed by atoms with van der Waals surface area (Å²) in [6.07, 6.45) is 6.13. The lowest BCUT2D eigenvalue weighted by molar-refractivity contribution is -0.495. The number of hydrogen-bond donors (Lipinski definition) is 1. The molecule has 0 saturated carbocycles. The summed E-state index contributed by atoms with van der Waals surface area (Å²) in [6.45, 7) is 5.55. The van der Waals surface area contributed by atoms with Crippen LogP contribution in [0.15, 0.2) is 30.3 Å². The Labute approximate surface area is 160 Å². The second kappa shape index (κ2) is 10.8. The van der Waals surface area contributed by atoms with Crippen LogP contribution in [0.5, 0.6) is 0 Å². The molecule has 2 rings (SSSR count). The van der Waals surface area contributed by atoms with E-state index in [-0.39, 0.29) is 4.76 Å². The van der Waals surface area contributed by atoms with Crippen LogP contribution in [0.1, 0.15) is 50.6 Å². The third-order valence-corrected chi connectivity index (χ3v) is 4.99. The highest BCUT2D eigenvalue weighted by Gasteiger charge is 2.41. The van der Waals surface area contributed by atoms with E-state index in [2.05, 4.69) is 11.8 Å². The molecule has 1 atom stereocenters. The van der Waals surface area contributed by atoms with Gasteiger partial charge in [0, 0.05) is 23.4 Å². The molecule has 148 valence electrons. The first kappa shape index (κ1) is 21.0. The molecule has 0 aromatic heterocycles. The molecule has 1 saturated heterocycles. The van der Waals surface area contributed by atoms with Crippen molar-refractivity contribution in [2.45, 2.75) is 45.1 Å². The fourth-order valence-corrected chi connectivity index (χ4v) is 3.37. The molecule has 0 bridgehead atoms. The Kier molecular flexibility index (Phi) is 8.39. The second-order valence-electron chi connectivity index (χ2n) is 7.00. The van der Waals surface area contributed by atoms with E-state index in [1.54, 1.807) is 30.3 Å². The van der Waals surface area contributed by atoms with Gasteiger partial charge in [-0.3, -0.25) is 4.90 Å². The Morgan fingerprint density at radius 1 is 1.04 bits per heavy atom. The maximum absolute atomic E-state index is 12.5. The lowest BCUT2D eigenvalue weighted by atomic mass is 10.1. The number of urea groups is 1. The van der Waals surface area contributed by atoms with Gasteiger partial charge in [0.2, 0.25) is 0 Å². The summed E-state index contributed by atoms with van der Waals surface area (Å²) < 4.78 is 0.0953. The third-order valence-electron chi connectivity index (χ3n) is 4.99. The van der Waals surface area contributed by atoms with Crippen LogP contribution in [0, 0.1) is 4.91 Å². The number of piperazine rings is 1. The highest BCUT2D eigenvalue weighted by atomic mass is 16.4. The maximum atomic E-state index is 12.5. The van der Waals surface area contributed by atoms with Crippen LogP contribution < -0.4 is 0 Å². The highest BCUT2D eigenvalue weighted by molar-refractivity contribution is 5.77. The number of aliphatic carboxylic acids is 1. The van der Waals surface area contributed by atoms with Gasteiger partial charge in [-0.05, 0) is 13.0 Å². The van der Waals surface area contributed by atoms with Crippen molar-refractivity contribution in [2.24, 2.45) is 0 Å². The van der Waals surface area contributed by atoms with E-state index in [1.807, 2.05) is 0 Å². The van der Waals surface area contributed by atoms with E-state index in [0.717, 1.165) is 26.1 Å². The zero-order valence-electron chi connectivity index (χ0n) is 16.0. The standard InChI is InChI=1S/C20H29N3O4/c1-2-3-4-5-9-12-21-13-15-22(16-14-21)20(26)23(27)18(19(24)25)17-10-7-6-8-11-17/h6-8,10-11,18H,2-5,9,12-16H2,1H3/p+1. The van der Waals surface area contributed by atoms with Gasteiger partial charge < -0.3 is 5.11 Å². The van der Waals surface area contributed by atoms with E-state index in [4.69, 9.17) is 0 Å². The lowest BCUT2D eigenvalue weighted by Crippen LogP contribution is -2.51. The van der Waals surface area contributed by atoms with Gasteiger partial charge in [0.1, 0.15) is 13.1 Å². The molecule has 1 fully saturated rings. The molecule has 0 radical (unpaired) electrons. The minimum atomic E-state index is -1.52. The molecular formula is C20H30N3O4+. The van der Waals surface area contributed by atoms with Crippen molar-refractivity contribution in [2.75, 3.05) is 32.7 Å². The topological polar surface area (TPSA) is 80.9 Å². The van der Waals surface area contributed by atoms with Gasteiger partial charge in [-0.1, -0.05) is 67.8 Å². The number of unbranched alkanes of at least 4 members (excludes halogenated alkanes) is 4. The van der Waals surface area contributed by atoms with Gasteiger partial charge in [0.05, 0.1) is 0 Å². The molecule has 2 amide bonds. The molecule has 1 aromatic rings. The fourth-order valence-electron chi connectivity index (χ4n) is 3.37. The molecule has 7 heteroatoms. The van der Waals surface area contributed by atoms with Gasteiger partial charge >= 0.3 is 12.0 Å². The summed E-state index contributed by atoms with van der Waals surface area (Å²) in [6, 6.07) is 5.86. The second-order valence-corrected chi connectivity index (χ2v) is 7.00. The van der Waals surface area contributed by atoms with E-state index in [0.29, 0.717) is 18.7 Å². The smallest absolute Gasteiger partial charge is 0.478 e. The monoisotopic (exact) mass is 376 g/mol. The molecule has 1 aliphatic heterocycles. The fraction of sp³-hybridized carbons (Fsp3) is 0.600. The van der Waals surface area contributed by atoms with Crippen molar-refractivity contribution >= 4 is 12.0 Å². The van der Waals surface area contributed by atoms with Crippen molar-refractivity contribution < 1.29 is 19.5 Å². The lowest BCUT2D eigenvalue weighted by Gasteiger charge is -2.29. The Morgan fingerprint density at radius 3 is 2.26 bits per heavy atom. The Bertz CT molecular complexity index is 627. The molecule has 1 aromatic carbocycles. The molecule has 27 heavy (non-hydrogen) atoms. The van der Waals surface area contributed by atoms with Gasteiger partial charge in [-0.15, -0.1) is 0 Å². The molecule has 1 heterocycles. The molecule has 1 N–H and O–H groups in total. The zero-order chi connectivity index (χ0) is 19.6. The van der Waals surface area contributed by atoms with Gasteiger partial charge in [-0.25, -0.2) is 9.69 Å². The number of hydrogen-bond acceptors (Lipinski definition) is 4. The van der Waals surface area contributed by atoms with Crippen molar-refractivity contribution in [3.63, 3.8) is 0 Å². The van der Waals surface area contributed by atoms with Crippen LogP contribution in [-0.2, 0) is 4.79 Å². The van der Waals surface area contributed by atoms with Crippen molar-refractivity contribution in [1.82, 2.24) is 9.80 Å². The van der Waals surface area contributed by atoms with E-state index in [1.165, 1.54) is 30.6 Å². The van der Waals surface area contributed by atoms with E-state index >= 15 is 0 Å².